The van der Waals surface area contributed by atoms with Gasteiger partial charge in [-0.3, -0.25) is 4.90 Å². The number of urea groups is 1. The van der Waals surface area contributed by atoms with Crippen molar-refractivity contribution in [3.8, 4) is 10.9 Å². The molecular weight excluding hydrogens is 414 g/mol. The van der Waals surface area contributed by atoms with Gasteiger partial charge >= 0.3 is 6.03 Å². The monoisotopic (exact) mass is 435 g/mol. The molecule has 0 spiro atoms. The highest BCUT2D eigenvalue weighted by molar-refractivity contribution is 7.20. The second-order valence-corrected chi connectivity index (χ2v) is 9.12. The normalized spacial score (nSPS) is 21.2. The largest absolute Gasteiger partial charge is 0.464 e. The highest BCUT2D eigenvalue weighted by atomic mass is 32.1. The highest BCUT2D eigenvalue weighted by Gasteiger charge is 2.41. The summed E-state index contributed by atoms with van der Waals surface area (Å²) < 4.78 is 12.8. The molecule has 2 bridgehead atoms. The van der Waals surface area contributed by atoms with Gasteiger partial charge in [0.1, 0.15) is 11.3 Å². The minimum atomic E-state index is -0.318. The van der Waals surface area contributed by atoms with Crippen molar-refractivity contribution < 1.29 is 13.9 Å². The number of benzene rings is 1. The number of hydrogen-bond donors (Lipinski definition) is 1. The van der Waals surface area contributed by atoms with Crippen molar-refractivity contribution in [2.75, 3.05) is 13.1 Å². The van der Waals surface area contributed by atoms with E-state index in [1.807, 2.05) is 36.6 Å². The molecule has 31 heavy (non-hydrogen) atoms. The summed E-state index contributed by atoms with van der Waals surface area (Å²) in [5.41, 5.74) is 8.13. The van der Waals surface area contributed by atoms with E-state index in [-0.39, 0.29) is 6.03 Å². The van der Waals surface area contributed by atoms with Crippen LogP contribution in [-0.4, -0.2) is 51.0 Å². The summed E-state index contributed by atoms with van der Waals surface area (Å²) in [4.78, 5) is 24.5. The van der Waals surface area contributed by atoms with E-state index >= 15 is 0 Å². The van der Waals surface area contributed by atoms with Crippen LogP contribution in [0.3, 0.4) is 0 Å². The van der Waals surface area contributed by atoms with E-state index in [4.69, 9.17) is 14.9 Å². The standard InChI is InChI=1S/C22H21N5O3S/c23-21(28)26-10-14-3-4-15(11-26)27(14)9-13-12-29-18-8-16(5-6-17(13)18)30-22-25-20-19(31-22)2-1-7-24-20/h1-2,5-8,12,14-15H,3-4,9-11H2,(H2,23,28)/t14-,15?/m0/s1. The van der Waals surface area contributed by atoms with E-state index < -0.39 is 0 Å². The Balaban J connectivity index is 1.21. The van der Waals surface area contributed by atoms with Crippen LogP contribution in [-0.2, 0) is 6.54 Å². The molecule has 2 atom stereocenters. The van der Waals surface area contributed by atoms with Crippen molar-refractivity contribution in [3.05, 3.63) is 48.4 Å². The quantitative estimate of drug-likeness (QED) is 0.521. The number of fused-ring (bicyclic) bond motifs is 4. The molecule has 158 valence electrons. The zero-order chi connectivity index (χ0) is 20.9. The summed E-state index contributed by atoms with van der Waals surface area (Å²) in [5.74, 6) is 0.683. The minimum absolute atomic E-state index is 0.318. The Hall–Kier alpha value is -3.17. The summed E-state index contributed by atoms with van der Waals surface area (Å²) in [5, 5.41) is 1.64. The van der Waals surface area contributed by atoms with Gasteiger partial charge in [0.25, 0.3) is 5.19 Å². The third-order valence-corrected chi connectivity index (χ3v) is 7.16. The maximum absolute atomic E-state index is 11.6. The number of thiazole rings is 1. The van der Waals surface area contributed by atoms with E-state index in [1.54, 1.807) is 11.1 Å². The lowest BCUT2D eigenvalue weighted by Gasteiger charge is -2.40. The number of aromatic nitrogens is 2. The summed E-state index contributed by atoms with van der Waals surface area (Å²) in [7, 11) is 0. The van der Waals surface area contributed by atoms with Crippen molar-refractivity contribution in [3.63, 3.8) is 0 Å². The van der Waals surface area contributed by atoms with E-state index in [9.17, 15) is 4.79 Å². The Morgan fingerprint density at radius 2 is 2.10 bits per heavy atom. The minimum Gasteiger partial charge on any atom is -0.464 e. The number of nitrogens with zero attached hydrogens (tertiary/aromatic N) is 4. The molecule has 4 aromatic rings. The molecule has 0 aliphatic carbocycles. The Bertz CT molecular complexity index is 1240. The zero-order valence-corrected chi connectivity index (χ0v) is 17.5. The van der Waals surface area contributed by atoms with Crippen LogP contribution < -0.4 is 10.5 Å². The number of amides is 2. The number of piperazine rings is 1. The van der Waals surface area contributed by atoms with Crippen LogP contribution in [0.5, 0.6) is 10.9 Å². The summed E-state index contributed by atoms with van der Waals surface area (Å²) in [6, 6.07) is 10.1. The lowest BCUT2D eigenvalue weighted by atomic mass is 10.1. The first-order valence-corrected chi connectivity index (χ1v) is 11.2. The van der Waals surface area contributed by atoms with Crippen molar-refractivity contribution in [2.45, 2.75) is 31.5 Å². The molecule has 5 heterocycles. The molecule has 1 unspecified atom stereocenters. The predicted molar refractivity (Wildman–Crippen MR) is 117 cm³/mol. The SMILES string of the molecule is NC(=O)N1CC2CC[C@@H](C1)N2Cc1coc2cc(Oc3nc4ncccc4s3)ccc12. The number of pyridine rings is 1. The molecule has 8 nitrogen and oxygen atoms in total. The van der Waals surface area contributed by atoms with Gasteiger partial charge in [0.15, 0.2) is 5.65 Å². The lowest BCUT2D eigenvalue weighted by Crippen LogP contribution is -2.56. The van der Waals surface area contributed by atoms with Gasteiger partial charge in [0.05, 0.1) is 11.0 Å². The van der Waals surface area contributed by atoms with Gasteiger partial charge in [-0.25, -0.2) is 9.78 Å². The van der Waals surface area contributed by atoms with Gasteiger partial charge in [0.2, 0.25) is 0 Å². The first-order chi connectivity index (χ1) is 15.1. The maximum Gasteiger partial charge on any atom is 0.314 e. The molecule has 9 heteroatoms. The predicted octanol–water partition coefficient (Wildman–Crippen LogP) is 3.96. The molecule has 2 N–H and O–H groups in total. The van der Waals surface area contributed by atoms with Gasteiger partial charge in [-0.2, -0.15) is 4.98 Å². The van der Waals surface area contributed by atoms with Gasteiger partial charge in [-0.05, 0) is 37.1 Å². The number of furan rings is 1. The van der Waals surface area contributed by atoms with Gasteiger partial charge < -0.3 is 19.8 Å². The van der Waals surface area contributed by atoms with E-state index in [0.717, 1.165) is 40.6 Å². The van der Waals surface area contributed by atoms with Gasteiger partial charge in [-0.15, -0.1) is 0 Å². The fourth-order valence-corrected chi connectivity index (χ4v) is 5.56. The van der Waals surface area contributed by atoms with Gasteiger partial charge in [-0.1, -0.05) is 11.3 Å². The van der Waals surface area contributed by atoms with Crippen LogP contribution in [0.15, 0.2) is 47.2 Å². The Kier molecular flexibility index (Phi) is 4.32. The van der Waals surface area contributed by atoms with Crippen LogP contribution in [0.25, 0.3) is 21.3 Å². The van der Waals surface area contributed by atoms with Crippen molar-refractivity contribution in [1.29, 1.82) is 0 Å². The fourth-order valence-electron chi connectivity index (χ4n) is 4.77. The highest BCUT2D eigenvalue weighted by Crippen LogP contribution is 2.35. The smallest absolute Gasteiger partial charge is 0.314 e. The number of carbonyl (C=O) groups is 1. The Morgan fingerprint density at radius 1 is 1.26 bits per heavy atom. The fraction of sp³-hybridized carbons (Fsp3) is 0.318. The van der Waals surface area contributed by atoms with E-state index in [1.165, 1.54) is 11.3 Å². The van der Waals surface area contributed by atoms with Crippen LogP contribution in [0.1, 0.15) is 18.4 Å². The van der Waals surface area contributed by atoms with Crippen LogP contribution in [0.2, 0.25) is 0 Å². The molecule has 2 amide bonds. The Morgan fingerprint density at radius 3 is 2.87 bits per heavy atom. The van der Waals surface area contributed by atoms with Crippen molar-refractivity contribution in [2.24, 2.45) is 5.73 Å². The number of nitrogens with two attached hydrogens (primary N) is 1. The average molecular weight is 436 g/mol. The average Bonchev–Trinajstić information content (AvgIpc) is 3.41. The maximum atomic E-state index is 11.6. The summed E-state index contributed by atoms with van der Waals surface area (Å²) in [6.07, 6.45) is 5.75. The number of carbonyl (C=O) groups excluding carboxylic acids is 1. The summed E-state index contributed by atoms with van der Waals surface area (Å²) in [6.45, 7) is 2.21. The number of likely N-dealkylation sites (tertiary alicyclic amines) is 1. The summed E-state index contributed by atoms with van der Waals surface area (Å²) >= 11 is 1.47. The molecule has 0 saturated carbocycles. The van der Waals surface area contributed by atoms with E-state index in [2.05, 4.69) is 14.9 Å². The topological polar surface area (TPSA) is 97.7 Å². The van der Waals surface area contributed by atoms with Gasteiger partial charge in [0, 0.05) is 54.9 Å². The first kappa shape index (κ1) is 18.6. The van der Waals surface area contributed by atoms with Crippen molar-refractivity contribution in [1.82, 2.24) is 19.8 Å². The zero-order valence-electron chi connectivity index (χ0n) is 16.7. The molecule has 2 aliphatic rings. The second kappa shape index (κ2) is 7.21. The molecule has 2 saturated heterocycles. The third kappa shape index (κ3) is 3.30. The number of primary amides is 1. The molecule has 3 aromatic heterocycles. The third-order valence-electron chi connectivity index (χ3n) is 6.28. The Labute approximate surface area is 182 Å². The van der Waals surface area contributed by atoms with Crippen LogP contribution in [0.4, 0.5) is 4.79 Å². The number of ether oxygens (including phenoxy) is 1. The molecule has 6 rings (SSSR count). The molecule has 2 aliphatic heterocycles. The lowest BCUT2D eigenvalue weighted by molar-refractivity contribution is 0.0799. The van der Waals surface area contributed by atoms with Crippen molar-refractivity contribution >= 4 is 38.7 Å². The second-order valence-electron chi connectivity index (χ2n) is 8.13. The van der Waals surface area contributed by atoms with E-state index in [0.29, 0.717) is 41.8 Å². The number of rotatable bonds is 4. The molecular formula is C22H21N5O3S. The number of hydrogen-bond acceptors (Lipinski definition) is 7. The van der Waals surface area contributed by atoms with Crippen LogP contribution in [0, 0.1) is 0 Å². The molecule has 0 radical (unpaired) electrons. The molecule has 2 fully saturated rings. The first-order valence-electron chi connectivity index (χ1n) is 10.3. The molecule has 1 aromatic carbocycles. The van der Waals surface area contributed by atoms with Crippen LogP contribution >= 0.6 is 11.3 Å².